The molecular formula is C18H27FN2O3. The van der Waals surface area contributed by atoms with Gasteiger partial charge in [0.25, 0.3) is 5.91 Å². The van der Waals surface area contributed by atoms with Gasteiger partial charge in [0.2, 0.25) is 0 Å². The van der Waals surface area contributed by atoms with Crippen LogP contribution in [0.3, 0.4) is 0 Å². The highest BCUT2D eigenvalue weighted by molar-refractivity contribution is 5.78. The molecule has 0 saturated carbocycles. The average molecular weight is 338 g/mol. The van der Waals surface area contributed by atoms with Crippen LogP contribution in [0.25, 0.3) is 0 Å². The third kappa shape index (κ3) is 5.18. The van der Waals surface area contributed by atoms with E-state index >= 15 is 0 Å². The van der Waals surface area contributed by atoms with Crippen molar-refractivity contribution >= 4 is 5.91 Å². The molecule has 1 aliphatic rings. The van der Waals surface area contributed by atoms with Gasteiger partial charge in [0, 0.05) is 51.5 Å². The highest BCUT2D eigenvalue weighted by Gasteiger charge is 2.31. The summed E-state index contributed by atoms with van der Waals surface area (Å²) in [5.74, 6) is -0.0518. The summed E-state index contributed by atoms with van der Waals surface area (Å²) in [7, 11) is 1.71. The minimum absolute atomic E-state index is 0.0606. The molecule has 0 spiro atoms. The Labute approximate surface area is 143 Å². The van der Waals surface area contributed by atoms with E-state index in [0.29, 0.717) is 30.9 Å². The summed E-state index contributed by atoms with van der Waals surface area (Å²) in [4.78, 5) is 16.6. The fourth-order valence-corrected chi connectivity index (χ4v) is 3.19. The van der Waals surface area contributed by atoms with Crippen molar-refractivity contribution in [3.8, 4) is 5.75 Å². The summed E-state index contributed by atoms with van der Waals surface area (Å²) in [5.41, 5.74) is 0. The van der Waals surface area contributed by atoms with Crippen molar-refractivity contribution in [1.82, 2.24) is 9.80 Å². The van der Waals surface area contributed by atoms with E-state index < -0.39 is 0 Å². The molecule has 2 unspecified atom stereocenters. The van der Waals surface area contributed by atoms with Gasteiger partial charge in [-0.05, 0) is 32.4 Å². The number of rotatable bonds is 7. The Balaban J connectivity index is 1.83. The van der Waals surface area contributed by atoms with Gasteiger partial charge in [-0.2, -0.15) is 0 Å². The quantitative estimate of drug-likeness (QED) is 0.715. The molecular weight excluding hydrogens is 311 g/mol. The Morgan fingerprint density at radius 3 is 2.62 bits per heavy atom. The van der Waals surface area contributed by atoms with Gasteiger partial charge < -0.3 is 14.4 Å². The zero-order valence-electron chi connectivity index (χ0n) is 14.7. The molecule has 2 atom stereocenters. The lowest BCUT2D eigenvalue weighted by Gasteiger charge is -2.44. The van der Waals surface area contributed by atoms with Gasteiger partial charge in [-0.25, -0.2) is 4.39 Å². The molecule has 1 fully saturated rings. The molecule has 24 heavy (non-hydrogen) atoms. The number of hydrogen-bond donors (Lipinski definition) is 0. The average Bonchev–Trinajstić information content (AvgIpc) is 2.55. The Bertz CT molecular complexity index is 529. The Kier molecular flexibility index (Phi) is 6.99. The van der Waals surface area contributed by atoms with Crippen LogP contribution < -0.4 is 4.74 Å². The third-order valence-corrected chi connectivity index (χ3v) is 4.38. The van der Waals surface area contributed by atoms with Crippen LogP contribution in [-0.4, -0.2) is 67.7 Å². The topological polar surface area (TPSA) is 42.0 Å². The largest absolute Gasteiger partial charge is 0.484 e. The molecule has 0 N–H and O–H groups in total. The van der Waals surface area contributed by atoms with Crippen LogP contribution in [-0.2, 0) is 9.53 Å². The van der Waals surface area contributed by atoms with E-state index in [1.807, 2.05) is 4.90 Å². The van der Waals surface area contributed by atoms with E-state index in [-0.39, 0.29) is 18.3 Å². The number of carbonyl (C=O) groups excluding carboxylic acids is 1. The number of carbonyl (C=O) groups is 1. The predicted molar refractivity (Wildman–Crippen MR) is 90.6 cm³/mol. The van der Waals surface area contributed by atoms with E-state index in [0.717, 1.165) is 19.6 Å². The molecule has 1 aromatic carbocycles. The van der Waals surface area contributed by atoms with Crippen LogP contribution in [0, 0.1) is 5.82 Å². The second-order valence-electron chi connectivity index (χ2n) is 6.33. The third-order valence-electron chi connectivity index (χ3n) is 4.38. The van der Waals surface area contributed by atoms with Gasteiger partial charge in [-0.1, -0.05) is 6.07 Å². The maximum atomic E-state index is 13.1. The number of benzene rings is 1. The summed E-state index contributed by atoms with van der Waals surface area (Å²) in [6.45, 7) is 7.29. The van der Waals surface area contributed by atoms with Crippen LogP contribution >= 0.6 is 0 Å². The molecule has 0 radical (unpaired) electrons. The zero-order chi connectivity index (χ0) is 17.5. The maximum Gasteiger partial charge on any atom is 0.260 e. The first-order valence-corrected chi connectivity index (χ1v) is 8.42. The van der Waals surface area contributed by atoms with Gasteiger partial charge >= 0.3 is 0 Å². The molecule has 2 rings (SSSR count). The van der Waals surface area contributed by atoms with Crippen molar-refractivity contribution in [1.29, 1.82) is 0 Å². The molecule has 1 heterocycles. The van der Waals surface area contributed by atoms with Crippen molar-refractivity contribution < 1.29 is 18.7 Å². The fraction of sp³-hybridized carbons (Fsp3) is 0.611. The van der Waals surface area contributed by atoms with Gasteiger partial charge in [-0.3, -0.25) is 9.69 Å². The lowest BCUT2D eigenvalue weighted by molar-refractivity contribution is -0.137. The minimum Gasteiger partial charge on any atom is -0.484 e. The van der Waals surface area contributed by atoms with E-state index in [9.17, 15) is 9.18 Å². The standard InChI is InChI=1S/C18H27FN2O3/c1-14-11-20(12-15(2)21(14)8-5-9-23-3)18(22)13-24-17-7-4-6-16(19)10-17/h4,6-7,10,14-15H,5,8-9,11-13H2,1-3H3. The number of amides is 1. The Morgan fingerprint density at radius 1 is 1.29 bits per heavy atom. The molecule has 0 bridgehead atoms. The normalized spacial score (nSPS) is 21.8. The van der Waals surface area contributed by atoms with Crippen molar-refractivity contribution in [3.63, 3.8) is 0 Å². The lowest BCUT2D eigenvalue weighted by atomic mass is 10.1. The van der Waals surface area contributed by atoms with E-state index in [4.69, 9.17) is 9.47 Å². The summed E-state index contributed by atoms with van der Waals surface area (Å²) in [6, 6.07) is 6.44. The van der Waals surface area contributed by atoms with Crippen LogP contribution in [0.1, 0.15) is 20.3 Å². The van der Waals surface area contributed by atoms with Gasteiger partial charge in [-0.15, -0.1) is 0 Å². The summed E-state index contributed by atoms with van der Waals surface area (Å²) >= 11 is 0. The number of nitrogens with zero attached hydrogens (tertiary/aromatic N) is 2. The maximum absolute atomic E-state index is 13.1. The summed E-state index contributed by atoms with van der Waals surface area (Å²) < 4.78 is 23.7. The molecule has 1 amide bonds. The van der Waals surface area contributed by atoms with Gasteiger partial charge in [0.15, 0.2) is 6.61 Å². The van der Waals surface area contributed by atoms with Crippen LogP contribution in [0.4, 0.5) is 4.39 Å². The molecule has 1 saturated heterocycles. The van der Waals surface area contributed by atoms with E-state index in [1.54, 1.807) is 19.2 Å². The molecule has 0 aliphatic carbocycles. The SMILES string of the molecule is COCCCN1C(C)CN(C(=O)COc2cccc(F)c2)CC1C. The number of piperazine rings is 1. The molecule has 1 aliphatic heterocycles. The molecule has 1 aromatic rings. The fourth-order valence-electron chi connectivity index (χ4n) is 3.19. The van der Waals surface area contributed by atoms with E-state index in [2.05, 4.69) is 18.7 Å². The second-order valence-corrected chi connectivity index (χ2v) is 6.33. The highest BCUT2D eigenvalue weighted by Crippen LogP contribution is 2.17. The second kappa shape index (κ2) is 8.99. The first-order chi connectivity index (χ1) is 11.5. The highest BCUT2D eigenvalue weighted by atomic mass is 19.1. The number of hydrogen-bond acceptors (Lipinski definition) is 4. The lowest BCUT2D eigenvalue weighted by Crippen LogP contribution is -2.58. The zero-order valence-corrected chi connectivity index (χ0v) is 14.7. The van der Waals surface area contributed by atoms with E-state index in [1.165, 1.54) is 12.1 Å². The molecule has 5 nitrogen and oxygen atoms in total. The van der Waals surface area contributed by atoms with Crippen molar-refractivity contribution in [2.24, 2.45) is 0 Å². The van der Waals surface area contributed by atoms with Crippen molar-refractivity contribution in [2.75, 3.05) is 40.0 Å². The minimum atomic E-state index is -0.369. The van der Waals surface area contributed by atoms with Gasteiger partial charge in [0.1, 0.15) is 11.6 Å². The Morgan fingerprint density at radius 2 is 2.00 bits per heavy atom. The van der Waals surface area contributed by atoms with Crippen molar-refractivity contribution in [3.05, 3.63) is 30.1 Å². The Hall–Kier alpha value is -1.66. The van der Waals surface area contributed by atoms with Crippen LogP contribution in [0.2, 0.25) is 0 Å². The monoisotopic (exact) mass is 338 g/mol. The first-order valence-electron chi connectivity index (χ1n) is 8.42. The van der Waals surface area contributed by atoms with Crippen molar-refractivity contribution in [2.45, 2.75) is 32.4 Å². The summed E-state index contributed by atoms with van der Waals surface area (Å²) in [5, 5.41) is 0. The van der Waals surface area contributed by atoms with Gasteiger partial charge in [0.05, 0.1) is 0 Å². The number of halogens is 1. The molecule has 6 heteroatoms. The van der Waals surface area contributed by atoms with Crippen LogP contribution in [0.15, 0.2) is 24.3 Å². The number of methoxy groups -OCH3 is 1. The molecule has 0 aromatic heterocycles. The first kappa shape index (κ1) is 18.7. The predicted octanol–water partition coefficient (Wildman–Crippen LogP) is 2.16. The van der Waals surface area contributed by atoms with Crippen LogP contribution in [0.5, 0.6) is 5.75 Å². The smallest absolute Gasteiger partial charge is 0.260 e. The summed E-state index contributed by atoms with van der Waals surface area (Å²) in [6.07, 6.45) is 0.988. The number of ether oxygens (including phenoxy) is 2. The molecule has 134 valence electrons.